The van der Waals surface area contributed by atoms with Gasteiger partial charge in [-0.3, -0.25) is 19.2 Å². The number of benzene rings is 1. The highest BCUT2D eigenvalue weighted by atomic mass is 16.1. The number of aromatic nitrogens is 3. The predicted octanol–water partition coefficient (Wildman–Crippen LogP) is 2.83. The van der Waals surface area contributed by atoms with Gasteiger partial charge in [0.05, 0.1) is 23.3 Å². The Balaban J connectivity index is 1.34. The first-order valence-electron chi connectivity index (χ1n) is 12.4. The van der Waals surface area contributed by atoms with Crippen LogP contribution in [0.2, 0.25) is 0 Å². The lowest BCUT2D eigenvalue weighted by Crippen LogP contribution is -2.44. The normalized spacial score (nSPS) is 18.1. The summed E-state index contributed by atoms with van der Waals surface area (Å²) in [6.07, 6.45) is 6.54. The van der Waals surface area contributed by atoms with Crippen LogP contribution in [0.5, 0.6) is 0 Å². The number of aromatic amines is 1. The third-order valence-electron chi connectivity index (χ3n) is 7.34. The topological polar surface area (TPSA) is 86.3 Å². The number of rotatable bonds is 6. The Morgan fingerprint density at radius 1 is 1.18 bits per heavy atom. The molecule has 2 aliphatic rings. The maximum absolute atomic E-state index is 13.2. The highest BCUT2D eigenvalue weighted by Crippen LogP contribution is 2.32. The number of carbonyl (C=O) groups excluding carboxylic acids is 1. The molecule has 1 aliphatic carbocycles. The van der Waals surface area contributed by atoms with Gasteiger partial charge in [0.15, 0.2) is 0 Å². The van der Waals surface area contributed by atoms with Crippen LogP contribution in [0.15, 0.2) is 35.3 Å². The van der Waals surface area contributed by atoms with E-state index in [1.165, 1.54) is 12.8 Å². The summed E-state index contributed by atoms with van der Waals surface area (Å²) in [5, 5.41) is 8.49. The highest BCUT2D eigenvalue weighted by molar-refractivity contribution is 6.06. The lowest BCUT2D eigenvalue weighted by molar-refractivity contribution is 0.0952. The van der Waals surface area contributed by atoms with Gasteiger partial charge in [-0.1, -0.05) is 18.9 Å². The molecule has 1 saturated carbocycles. The number of hydrogen-bond acceptors (Lipinski definition) is 5. The Bertz CT molecular complexity index is 1230. The van der Waals surface area contributed by atoms with Crippen LogP contribution in [0.25, 0.3) is 10.9 Å². The van der Waals surface area contributed by atoms with Gasteiger partial charge in [-0.25, -0.2) is 0 Å². The molecular formula is C26H34N6O2. The largest absolute Gasteiger partial charge is 0.348 e. The molecular weight excluding hydrogens is 428 g/mol. The number of aryl methyl sites for hydroxylation is 1. The number of hydrogen-bond donors (Lipinski definition) is 2. The second kappa shape index (κ2) is 9.72. The van der Waals surface area contributed by atoms with E-state index in [-0.39, 0.29) is 18.0 Å². The van der Waals surface area contributed by atoms with E-state index < -0.39 is 0 Å². The van der Waals surface area contributed by atoms with Gasteiger partial charge in [0, 0.05) is 55.9 Å². The zero-order chi connectivity index (χ0) is 23.7. The lowest BCUT2D eigenvalue weighted by atomic mass is 10.1. The molecule has 0 bridgehead atoms. The van der Waals surface area contributed by atoms with Crippen LogP contribution in [0.3, 0.4) is 0 Å². The van der Waals surface area contributed by atoms with Gasteiger partial charge >= 0.3 is 0 Å². The molecule has 0 atom stereocenters. The van der Waals surface area contributed by atoms with E-state index in [0.717, 1.165) is 61.2 Å². The molecule has 0 radical (unpaired) electrons. The van der Waals surface area contributed by atoms with Crippen LogP contribution >= 0.6 is 0 Å². The Hall–Kier alpha value is -2.97. The molecule has 3 aromatic rings. The lowest BCUT2D eigenvalue weighted by Gasteiger charge is -2.32. The average molecular weight is 463 g/mol. The number of amides is 1. The van der Waals surface area contributed by atoms with Crippen LogP contribution in [0.4, 0.5) is 0 Å². The van der Waals surface area contributed by atoms with E-state index in [1.54, 1.807) is 6.20 Å². The van der Waals surface area contributed by atoms with E-state index in [4.69, 9.17) is 0 Å². The second-order valence-electron chi connectivity index (χ2n) is 9.81. The summed E-state index contributed by atoms with van der Waals surface area (Å²) < 4.78 is 2.08. The Morgan fingerprint density at radius 2 is 1.94 bits per heavy atom. The van der Waals surface area contributed by atoms with E-state index >= 15 is 0 Å². The van der Waals surface area contributed by atoms with Crippen molar-refractivity contribution in [2.45, 2.75) is 51.7 Å². The smallest absolute Gasteiger partial charge is 0.253 e. The summed E-state index contributed by atoms with van der Waals surface area (Å²) in [4.78, 5) is 33.6. The molecule has 1 aliphatic heterocycles. The number of likely N-dealkylation sites (N-methyl/N-ethyl adjacent to an activating group) is 1. The number of piperazine rings is 1. The molecule has 8 heteroatoms. The number of fused-ring (bicyclic) bond motifs is 1. The third-order valence-corrected chi connectivity index (χ3v) is 7.34. The van der Waals surface area contributed by atoms with Crippen molar-refractivity contribution in [2.75, 3.05) is 33.2 Å². The molecule has 5 rings (SSSR count). The quantitative estimate of drug-likeness (QED) is 0.588. The first-order valence-corrected chi connectivity index (χ1v) is 12.4. The standard InChI is InChI=1S/C26H34N6O2/c1-18-14-19(17-31-12-10-30(2)11-13-31)22(26(34)29-18)15-27-25(33)21-8-5-9-24-23(21)16-28-32(24)20-6-3-4-7-20/h5,8-9,14,16,20H,3-4,6-7,10-13,15,17H2,1-2H3,(H,27,33)(H,29,34). The van der Waals surface area contributed by atoms with E-state index in [2.05, 4.69) is 36.9 Å². The maximum Gasteiger partial charge on any atom is 0.253 e. The molecule has 34 heavy (non-hydrogen) atoms. The summed E-state index contributed by atoms with van der Waals surface area (Å²) in [7, 11) is 2.13. The fourth-order valence-corrected chi connectivity index (χ4v) is 5.34. The zero-order valence-corrected chi connectivity index (χ0v) is 20.1. The van der Waals surface area contributed by atoms with E-state index in [1.807, 2.05) is 31.2 Å². The van der Waals surface area contributed by atoms with Crippen molar-refractivity contribution in [1.29, 1.82) is 0 Å². The van der Waals surface area contributed by atoms with Crippen molar-refractivity contribution in [1.82, 2.24) is 29.9 Å². The van der Waals surface area contributed by atoms with Crippen LogP contribution in [-0.2, 0) is 13.1 Å². The summed E-state index contributed by atoms with van der Waals surface area (Å²) in [6, 6.07) is 8.24. The molecule has 0 unspecified atom stereocenters. The Kier molecular flexibility index (Phi) is 6.52. The van der Waals surface area contributed by atoms with Crippen LogP contribution in [-0.4, -0.2) is 63.7 Å². The molecule has 1 aromatic carbocycles. The first-order chi connectivity index (χ1) is 16.5. The van der Waals surface area contributed by atoms with Gasteiger partial charge in [-0.15, -0.1) is 0 Å². The second-order valence-corrected chi connectivity index (χ2v) is 9.81. The minimum atomic E-state index is -0.179. The number of carbonyl (C=O) groups is 1. The Morgan fingerprint density at radius 3 is 2.71 bits per heavy atom. The number of pyridine rings is 1. The molecule has 180 valence electrons. The van der Waals surface area contributed by atoms with Crippen molar-refractivity contribution in [3.8, 4) is 0 Å². The fourth-order valence-electron chi connectivity index (χ4n) is 5.34. The minimum absolute atomic E-state index is 0.128. The summed E-state index contributed by atoms with van der Waals surface area (Å²) in [6.45, 7) is 6.81. The Labute approximate surface area is 199 Å². The summed E-state index contributed by atoms with van der Waals surface area (Å²) >= 11 is 0. The number of H-pyrrole nitrogens is 1. The van der Waals surface area contributed by atoms with Crippen molar-refractivity contribution in [3.63, 3.8) is 0 Å². The third kappa shape index (κ3) is 4.65. The molecule has 8 nitrogen and oxygen atoms in total. The molecule has 2 fully saturated rings. The van der Waals surface area contributed by atoms with Gasteiger partial charge in [0.25, 0.3) is 11.5 Å². The predicted molar refractivity (Wildman–Crippen MR) is 133 cm³/mol. The van der Waals surface area contributed by atoms with Crippen molar-refractivity contribution < 1.29 is 4.79 Å². The SMILES string of the molecule is Cc1cc(CN2CCN(C)CC2)c(CNC(=O)c2cccc3c2cnn3C2CCCC2)c(=O)[nH]1. The highest BCUT2D eigenvalue weighted by Gasteiger charge is 2.22. The van der Waals surface area contributed by atoms with Gasteiger partial charge in [0.1, 0.15) is 0 Å². The van der Waals surface area contributed by atoms with Crippen molar-refractivity contribution >= 4 is 16.8 Å². The molecule has 0 spiro atoms. The fraction of sp³-hybridized carbons (Fsp3) is 0.500. The monoisotopic (exact) mass is 462 g/mol. The molecule has 2 aromatic heterocycles. The number of nitrogens with one attached hydrogen (secondary N) is 2. The van der Waals surface area contributed by atoms with Gasteiger partial charge in [-0.05, 0) is 50.6 Å². The molecule has 3 heterocycles. The van der Waals surface area contributed by atoms with E-state index in [9.17, 15) is 9.59 Å². The maximum atomic E-state index is 13.2. The zero-order valence-electron chi connectivity index (χ0n) is 20.1. The van der Waals surface area contributed by atoms with E-state index in [0.29, 0.717) is 23.7 Å². The molecule has 1 amide bonds. The van der Waals surface area contributed by atoms with Gasteiger partial charge in [0.2, 0.25) is 0 Å². The van der Waals surface area contributed by atoms with Gasteiger partial charge < -0.3 is 15.2 Å². The van der Waals surface area contributed by atoms with Crippen LogP contribution in [0, 0.1) is 6.92 Å². The van der Waals surface area contributed by atoms with Crippen LogP contribution < -0.4 is 10.9 Å². The molecule has 1 saturated heterocycles. The van der Waals surface area contributed by atoms with Gasteiger partial charge in [-0.2, -0.15) is 5.10 Å². The summed E-state index contributed by atoms with van der Waals surface area (Å²) in [5.41, 5.74) is 3.93. The minimum Gasteiger partial charge on any atom is -0.348 e. The summed E-state index contributed by atoms with van der Waals surface area (Å²) in [5.74, 6) is -0.179. The van der Waals surface area contributed by atoms with Crippen molar-refractivity contribution in [3.05, 3.63) is 63.2 Å². The van der Waals surface area contributed by atoms with Crippen LogP contribution in [0.1, 0.15) is 58.9 Å². The molecule has 2 N–H and O–H groups in total. The number of nitrogens with zero attached hydrogens (tertiary/aromatic N) is 4. The van der Waals surface area contributed by atoms with Crippen molar-refractivity contribution in [2.24, 2.45) is 0 Å². The average Bonchev–Trinajstić information content (AvgIpc) is 3.49. The first kappa shape index (κ1) is 22.8.